The standard InChI is InChI=1S/C11H8N2O6S/c12-20(18,19)5-1-2-8-6(3-5)9(11(16)17)7(4-13-8)10(14)15/h1-4H,(H,14,15)(H,16,17)(H2,12,18,19). The number of carbonyl (C=O) groups is 2. The highest BCUT2D eigenvalue weighted by molar-refractivity contribution is 7.89. The molecular weight excluding hydrogens is 288 g/mol. The van der Waals surface area contributed by atoms with Crippen molar-refractivity contribution in [2.75, 3.05) is 0 Å². The van der Waals surface area contributed by atoms with Crippen LogP contribution in [0, 0.1) is 0 Å². The second-order valence-electron chi connectivity index (χ2n) is 3.88. The number of fused-ring (bicyclic) bond motifs is 1. The van der Waals surface area contributed by atoms with E-state index in [0.717, 1.165) is 18.3 Å². The molecule has 0 aliphatic carbocycles. The first kappa shape index (κ1) is 13.9. The zero-order valence-electron chi connectivity index (χ0n) is 9.77. The quantitative estimate of drug-likeness (QED) is 0.736. The minimum absolute atomic E-state index is 0.107. The Labute approximate surface area is 112 Å². The number of carboxylic acids is 2. The van der Waals surface area contributed by atoms with Crippen molar-refractivity contribution in [1.29, 1.82) is 0 Å². The average Bonchev–Trinajstić information content (AvgIpc) is 2.35. The predicted molar refractivity (Wildman–Crippen MR) is 67.0 cm³/mol. The number of rotatable bonds is 3. The Hall–Kier alpha value is -2.52. The summed E-state index contributed by atoms with van der Waals surface area (Å²) in [6.45, 7) is 0. The van der Waals surface area contributed by atoms with Crippen molar-refractivity contribution < 1.29 is 28.2 Å². The molecule has 1 aromatic carbocycles. The number of carboxylic acid groups (broad SMARTS) is 2. The molecule has 0 fully saturated rings. The monoisotopic (exact) mass is 296 g/mol. The van der Waals surface area contributed by atoms with Crippen LogP contribution in [0.25, 0.3) is 10.9 Å². The third kappa shape index (κ3) is 2.31. The van der Waals surface area contributed by atoms with E-state index in [1.807, 2.05) is 0 Å². The average molecular weight is 296 g/mol. The van der Waals surface area contributed by atoms with Gasteiger partial charge in [0.15, 0.2) is 0 Å². The molecule has 0 amide bonds. The molecule has 4 N–H and O–H groups in total. The van der Waals surface area contributed by atoms with Crippen LogP contribution in [0.5, 0.6) is 0 Å². The van der Waals surface area contributed by atoms with Crippen molar-refractivity contribution in [3.8, 4) is 0 Å². The Kier molecular flexibility index (Phi) is 3.16. The summed E-state index contributed by atoms with van der Waals surface area (Å²) in [5.41, 5.74) is -0.913. The first-order chi connectivity index (χ1) is 9.21. The molecule has 0 saturated carbocycles. The molecule has 2 aromatic rings. The molecule has 1 heterocycles. The van der Waals surface area contributed by atoms with E-state index in [9.17, 15) is 18.0 Å². The van der Waals surface area contributed by atoms with Crippen molar-refractivity contribution in [2.24, 2.45) is 5.14 Å². The highest BCUT2D eigenvalue weighted by atomic mass is 32.2. The van der Waals surface area contributed by atoms with Crippen molar-refractivity contribution in [3.63, 3.8) is 0 Å². The fraction of sp³-hybridized carbons (Fsp3) is 0. The van der Waals surface area contributed by atoms with E-state index in [1.165, 1.54) is 6.07 Å². The number of aromatic carboxylic acids is 2. The van der Waals surface area contributed by atoms with E-state index in [2.05, 4.69) is 4.98 Å². The summed E-state index contributed by atoms with van der Waals surface area (Å²) in [6, 6.07) is 3.41. The SMILES string of the molecule is NS(=O)(=O)c1ccc2ncc(C(=O)O)c(C(=O)O)c2c1. The number of benzene rings is 1. The summed E-state index contributed by atoms with van der Waals surface area (Å²) in [4.78, 5) is 25.7. The first-order valence-corrected chi connectivity index (χ1v) is 6.68. The Morgan fingerprint density at radius 2 is 1.80 bits per heavy atom. The molecule has 0 saturated heterocycles. The Balaban J connectivity index is 2.94. The van der Waals surface area contributed by atoms with Crippen LogP contribution in [-0.2, 0) is 10.0 Å². The van der Waals surface area contributed by atoms with Gasteiger partial charge in [-0.2, -0.15) is 0 Å². The molecule has 0 atom stereocenters. The first-order valence-electron chi connectivity index (χ1n) is 5.14. The van der Waals surface area contributed by atoms with Crippen LogP contribution in [-0.4, -0.2) is 35.6 Å². The van der Waals surface area contributed by atoms with Crippen molar-refractivity contribution in [2.45, 2.75) is 4.90 Å². The molecule has 0 aliphatic rings. The van der Waals surface area contributed by atoms with Gasteiger partial charge in [0.1, 0.15) is 0 Å². The van der Waals surface area contributed by atoms with Crippen molar-refractivity contribution >= 4 is 32.9 Å². The second kappa shape index (κ2) is 4.54. The maximum Gasteiger partial charge on any atom is 0.338 e. The Bertz CT molecular complexity index is 843. The van der Waals surface area contributed by atoms with Crippen LogP contribution in [0.15, 0.2) is 29.3 Å². The molecule has 1 aromatic heterocycles. The molecule has 9 heteroatoms. The molecule has 0 unspecified atom stereocenters. The fourth-order valence-electron chi connectivity index (χ4n) is 1.74. The van der Waals surface area contributed by atoms with Gasteiger partial charge in [-0.15, -0.1) is 0 Å². The number of hydrogen-bond acceptors (Lipinski definition) is 5. The molecule has 0 radical (unpaired) electrons. The third-order valence-electron chi connectivity index (χ3n) is 2.61. The van der Waals surface area contributed by atoms with E-state index in [0.29, 0.717) is 0 Å². The zero-order chi connectivity index (χ0) is 15.1. The number of sulfonamides is 1. The van der Waals surface area contributed by atoms with Gasteiger partial charge < -0.3 is 10.2 Å². The number of primary sulfonamides is 1. The normalized spacial score (nSPS) is 11.4. The van der Waals surface area contributed by atoms with Crippen LogP contribution in [0.3, 0.4) is 0 Å². The van der Waals surface area contributed by atoms with Gasteiger partial charge in [0.05, 0.1) is 21.5 Å². The summed E-state index contributed by atoms with van der Waals surface area (Å²) < 4.78 is 22.5. The number of aromatic nitrogens is 1. The number of nitrogens with two attached hydrogens (primary N) is 1. The molecule has 20 heavy (non-hydrogen) atoms. The van der Waals surface area contributed by atoms with Crippen LogP contribution in [0.4, 0.5) is 0 Å². The van der Waals surface area contributed by atoms with Gasteiger partial charge in [0.2, 0.25) is 10.0 Å². The van der Waals surface area contributed by atoms with E-state index in [-0.39, 0.29) is 15.8 Å². The lowest BCUT2D eigenvalue weighted by Gasteiger charge is -2.07. The zero-order valence-corrected chi connectivity index (χ0v) is 10.6. The predicted octanol–water partition coefficient (Wildman–Crippen LogP) is 0.279. The van der Waals surface area contributed by atoms with Crippen LogP contribution in [0.2, 0.25) is 0 Å². The molecule has 0 spiro atoms. The molecule has 104 valence electrons. The number of hydrogen-bond donors (Lipinski definition) is 3. The van der Waals surface area contributed by atoms with Gasteiger partial charge in [-0.05, 0) is 18.2 Å². The van der Waals surface area contributed by atoms with E-state index in [1.54, 1.807) is 0 Å². The van der Waals surface area contributed by atoms with Gasteiger partial charge in [-0.3, -0.25) is 4.98 Å². The maximum atomic E-state index is 11.3. The Morgan fingerprint density at radius 3 is 2.30 bits per heavy atom. The van der Waals surface area contributed by atoms with Gasteiger partial charge in [-0.25, -0.2) is 23.1 Å². The summed E-state index contributed by atoms with van der Waals surface area (Å²) >= 11 is 0. The minimum atomic E-state index is -4.04. The van der Waals surface area contributed by atoms with Crippen LogP contribution < -0.4 is 5.14 Å². The van der Waals surface area contributed by atoms with Gasteiger partial charge >= 0.3 is 11.9 Å². The second-order valence-corrected chi connectivity index (χ2v) is 5.44. The van der Waals surface area contributed by atoms with Crippen molar-refractivity contribution in [3.05, 3.63) is 35.5 Å². The molecule has 2 rings (SSSR count). The maximum absolute atomic E-state index is 11.3. The highest BCUT2D eigenvalue weighted by Crippen LogP contribution is 2.23. The lowest BCUT2D eigenvalue weighted by Crippen LogP contribution is -2.13. The summed E-state index contributed by atoms with van der Waals surface area (Å²) in [5.74, 6) is -2.97. The molecule has 0 bridgehead atoms. The molecular formula is C11H8N2O6S. The van der Waals surface area contributed by atoms with Gasteiger partial charge in [0.25, 0.3) is 0 Å². The third-order valence-corrected chi connectivity index (χ3v) is 3.52. The van der Waals surface area contributed by atoms with E-state index >= 15 is 0 Å². The van der Waals surface area contributed by atoms with Crippen LogP contribution >= 0.6 is 0 Å². The Morgan fingerprint density at radius 1 is 1.15 bits per heavy atom. The molecule has 8 nitrogen and oxygen atoms in total. The van der Waals surface area contributed by atoms with Crippen molar-refractivity contribution in [1.82, 2.24) is 4.98 Å². The molecule has 0 aliphatic heterocycles. The van der Waals surface area contributed by atoms with Crippen LogP contribution in [0.1, 0.15) is 20.7 Å². The lowest BCUT2D eigenvalue weighted by atomic mass is 10.0. The topological polar surface area (TPSA) is 148 Å². The summed E-state index contributed by atoms with van der Waals surface area (Å²) in [6.07, 6.45) is 0.907. The van der Waals surface area contributed by atoms with E-state index < -0.39 is 33.1 Å². The lowest BCUT2D eigenvalue weighted by molar-refractivity contribution is 0.0653. The summed E-state index contributed by atoms with van der Waals surface area (Å²) in [5, 5.41) is 22.9. The van der Waals surface area contributed by atoms with E-state index in [4.69, 9.17) is 15.4 Å². The van der Waals surface area contributed by atoms with Gasteiger partial charge in [0, 0.05) is 11.6 Å². The van der Waals surface area contributed by atoms with Gasteiger partial charge in [-0.1, -0.05) is 0 Å². The summed E-state index contributed by atoms with van der Waals surface area (Å²) in [7, 11) is -4.04. The smallest absolute Gasteiger partial charge is 0.338 e. The number of pyridine rings is 1. The number of nitrogens with zero attached hydrogens (tertiary/aromatic N) is 1. The highest BCUT2D eigenvalue weighted by Gasteiger charge is 2.21. The largest absolute Gasteiger partial charge is 0.478 e. The fourth-order valence-corrected chi connectivity index (χ4v) is 2.28. The minimum Gasteiger partial charge on any atom is -0.478 e.